The number of carbonyl (C=O) groups excluding carboxylic acids is 1. The molecule has 1 amide bonds. The van der Waals surface area contributed by atoms with Crippen LogP contribution >= 0.6 is 0 Å². The fourth-order valence-corrected chi connectivity index (χ4v) is 3.15. The molecule has 0 spiro atoms. The minimum absolute atomic E-state index is 0.00388. The van der Waals surface area contributed by atoms with Crippen LogP contribution in [0.1, 0.15) is 16.8 Å². The van der Waals surface area contributed by atoms with Crippen molar-refractivity contribution >= 4 is 11.6 Å². The van der Waals surface area contributed by atoms with Gasteiger partial charge in [0, 0.05) is 37.6 Å². The van der Waals surface area contributed by atoms with Gasteiger partial charge in [-0.15, -0.1) is 0 Å². The van der Waals surface area contributed by atoms with Crippen LogP contribution in [0.25, 0.3) is 0 Å². The summed E-state index contributed by atoms with van der Waals surface area (Å²) >= 11 is 0. The van der Waals surface area contributed by atoms with Crippen molar-refractivity contribution in [2.45, 2.75) is 19.1 Å². The number of fused-ring (bicyclic) bond motifs is 1. The lowest BCUT2D eigenvalue weighted by Gasteiger charge is -2.22. The van der Waals surface area contributed by atoms with Crippen LogP contribution in [0.2, 0.25) is 0 Å². The van der Waals surface area contributed by atoms with Gasteiger partial charge in [0.05, 0.1) is 6.54 Å². The topological polar surface area (TPSA) is 41.4 Å². The normalized spacial score (nSPS) is 14.2. The summed E-state index contributed by atoms with van der Waals surface area (Å²) in [6.45, 7) is 0.650. The van der Waals surface area contributed by atoms with Gasteiger partial charge in [0.2, 0.25) is 5.91 Å². The zero-order chi connectivity index (χ0) is 18.2. The smallest absolute Gasteiger partial charge is 0.311 e. The molecule has 5 nitrogen and oxygen atoms in total. The number of likely N-dealkylation sites (N-methyl/N-ethyl adjacent to an activating group) is 1. The first-order chi connectivity index (χ1) is 11.8. The molecule has 0 saturated carbocycles. The molecule has 134 valence electrons. The lowest BCUT2D eigenvalue weighted by atomic mass is 10.2. The molecule has 0 radical (unpaired) electrons. The number of aromatic nitrogens is 2. The average molecular weight is 352 g/mol. The van der Waals surface area contributed by atoms with Crippen LogP contribution in [0, 0.1) is 0 Å². The number of benzene rings is 1. The maximum atomic E-state index is 13.0. The van der Waals surface area contributed by atoms with Gasteiger partial charge in [0.1, 0.15) is 0 Å². The summed E-state index contributed by atoms with van der Waals surface area (Å²) in [5.74, 6) is -0.120. The number of anilines is 1. The molecule has 1 aromatic heterocycles. The van der Waals surface area contributed by atoms with Crippen LogP contribution in [0.3, 0.4) is 0 Å². The molecule has 0 N–H and O–H groups in total. The highest BCUT2D eigenvalue weighted by Crippen LogP contribution is 2.31. The fourth-order valence-electron chi connectivity index (χ4n) is 3.15. The molecule has 0 aliphatic carbocycles. The summed E-state index contributed by atoms with van der Waals surface area (Å²) in [4.78, 5) is 15.8. The molecule has 3 rings (SSSR count). The van der Waals surface area contributed by atoms with Crippen molar-refractivity contribution in [3.63, 3.8) is 0 Å². The highest BCUT2D eigenvalue weighted by atomic mass is 19.4. The summed E-state index contributed by atoms with van der Waals surface area (Å²) < 4.78 is 40.2. The van der Waals surface area contributed by atoms with E-state index in [0.29, 0.717) is 6.54 Å². The molecular weight excluding hydrogens is 333 g/mol. The number of halogens is 3. The molecular formula is C17H19F3N4O. The van der Waals surface area contributed by atoms with E-state index < -0.39 is 11.9 Å². The lowest BCUT2D eigenvalue weighted by Crippen LogP contribution is -2.38. The molecule has 1 aliphatic heterocycles. The third-order valence-corrected chi connectivity index (χ3v) is 4.21. The van der Waals surface area contributed by atoms with E-state index in [1.807, 2.05) is 24.3 Å². The van der Waals surface area contributed by atoms with E-state index in [-0.39, 0.29) is 24.6 Å². The number of hydrogen-bond acceptors (Lipinski definition) is 3. The Hall–Kier alpha value is -2.35. The number of nitrogens with zero attached hydrogens (tertiary/aromatic N) is 4. The molecule has 25 heavy (non-hydrogen) atoms. The number of hydrogen-bond donors (Lipinski definition) is 0. The van der Waals surface area contributed by atoms with E-state index in [2.05, 4.69) is 5.10 Å². The first-order valence-corrected chi connectivity index (χ1v) is 7.92. The maximum Gasteiger partial charge on any atom is 0.435 e. The van der Waals surface area contributed by atoms with Gasteiger partial charge in [-0.05, 0) is 25.1 Å². The van der Waals surface area contributed by atoms with Crippen LogP contribution in [-0.2, 0) is 31.0 Å². The Kier molecular flexibility index (Phi) is 4.55. The van der Waals surface area contributed by atoms with Crippen LogP contribution in [0.5, 0.6) is 0 Å². The van der Waals surface area contributed by atoms with Gasteiger partial charge < -0.3 is 4.90 Å². The molecule has 0 atom stereocenters. The van der Waals surface area contributed by atoms with E-state index in [0.717, 1.165) is 22.4 Å². The van der Waals surface area contributed by atoms with Gasteiger partial charge in [-0.2, -0.15) is 18.3 Å². The maximum absolute atomic E-state index is 13.0. The third kappa shape index (κ3) is 3.68. The van der Waals surface area contributed by atoms with Gasteiger partial charge in [-0.3, -0.25) is 14.4 Å². The van der Waals surface area contributed by atoms with Crippen molar-refractivity contribution in [3.8, 4) is 0 Å². The van der Waals surface area contributed by atoms with Gasteiger partial charge in [0.15, 0.2) is 5.69 Å². The Morgan fingerprint density at radius 2 is 2.04 bits per heavy atom. The zero-order valence-electron chi connectivity index (χ0n) is 14.0. The number of amides is 1. The van der Waals surface area contributed by atoms with Crippen LogP contribution < -0.4 is 4.90 Å². The second kappa shape index (κ2) is 6.51. The van der Waals surface area contributed by atoms with Crippen molar-refractivity contribution in [1.82, 2.24) is 14.7 Å². The number of alkyl halides is 3. The summed E-state index contributed by atoms with van der Waals surface area (Å²) in [5, 5.41) is 3.49. The predicted molar refractivity (Wildman–Crippen MR) is 87.0 cm³/mol. The van der Waals surface area contributed by atoms with Crippen molar-refractivity contribution in [2.75, 3.05) is 25.0 Å². The second-order valence-electron chi connectivity index (χ2n) is 6.27. The minimum Gasteiger partial charge on any atom is -0.311 e. The molecule has 1 aliphatic rings. The number of para-hydroxylation sites is 1. The summed E-state index contributed by atoms with van der Waals surface area (Å²) in [5.41, 5.74) is 1.16. The third-order valence-electron chi connectivity index (χ3n) is 4.21. The minimum atomic E-state index is -4.50. The van der Waals surface area contributed by atoms with E-state index in [1.54, 1.807) is 16.8 Å². The Morgan fingerprint density at radius 1 is 1.32 bits per heavy atom. The van der Waals surface area contributed by atoms with Crippen molar-refractivity contribution in [2.24, 2.45) is 7.05 Å². The molecule has 0 unspecified atom stereocenters. The van der Waals surface area contributed by atoms with Crippen molar-refractivity contribution < 1.29 is 18.0 Å². The van der Waals surface area contributed by atoms with Crippen LogP contribution in [0.15, 0.2) is 30.5 Å². The largest absolute Gasteiger partial charge is 0.435 e. The summed E-state index contributed by atoms with van der Waals surface area (Å²) in [7, 11) is 3.08. The first kappa shape index (κ1) is 17.5. The molecule has 0 bridgehead atoms. The second-order valence-corrected chi connectivity index (χ2v) is 6.27. The standard InChI is InChI=1S/C17H19F3N4O/c1-22(9-13-10-23(2)21-16(13)17(18,19)20)11-15(25)24-8-7-12-5-3-4-6-14(12)24/h3-6,10H,7-9,11H2,1-2H3. The zero-order valence-corrected chi connectivity index (χ0v) is 14.0. The fraction of sp³-hybridized carbons (Fsp3) is 0.412. The summed E-state index contributed by atoms with van der Waals surface area (Å²) in [6, 6.07) is 7.68. The van der Waals surface area contributed by atoms with Gasteiger partial charge in [-0.25, -0.2) is 0 Å². The highest BCUT2D eigenvalue weighted by Gasteiger charge is 2.37. The Labute approximate surface area is 143 Å². The van der Waals surface area contributed by atoms with E-state index in [4.69, 9.17) is 0 Å². The molecule has 2 aromatic rings. The quantitative estimate of drug-likeness (QED) is 0.849. The van der Waals surface area contributed by atoms with Gasteiger partial charge >= 0.3 is 6.18 Å². The van der Waals surface area contributed by atoms with E-state index >= 15 is 0 Å². The van der Waals surface area contributed by atoms with Gasteiger partial charge in [-0.1, -0.05) is 18.2 Å². The van der Waals surface area contributed by atoms with E-state index in [1.165, 1.54) is 13.2 Å². The molecule has 2 heterocycles. The van der Waals surface area contributed by atoms with Crippen LogP contribution in [-0.4, -0.2) is 40.7 Å². The summed E-state index contributed by atoms with van der Waals surface area (Å²) in [6.07, 6.45) is -2.36. The number of aryl methyl sites for hydroxylation is 1. The number of rotatable bonds is 4. The monoisotopic (exact) mass is 352 g/mol. The Morgan fingerprint density at radius 3 is 2.76 bits per heavy atom. The van der Waals surface area contributed by atoms with Crippen molar-refractivity contribution in [1.29, 1.82) is 0 Å². The Bertz CT molecular complexity index is 784. The SMILES string of the molecule is CN(CC(=O)N1CCc2ccccc21)Cc1cn(C)nc1C(F)(F)F. The highest BCUT2D eigenvalue weighted by molar-refractivity contribution is 5.96. The van der Waals surface area contributed by atoms with Crippen LogP contribution in [0.4, 0.5) is 18.9 Å². The molecule has 1 aromatic carbocycles. The number of carbonyl (C=O) groups is 1. The molecule has 8 heteroatoms. The Balaban J connectivity index is 1.68. The lowest BCUT2D eigenvalue weighted by molar-refractivity contribution is -0.142. The average Bonchev–Trinajstić information content (AvgIpc) is 3.10. The molecule has 0 fully saturated rings. The van der Waals surface area contributed by atoms with E-state index in [9.17, 15) is 18.0 Å². The molecule has 0 saturated heterocycles. The predicted octanol–water partition coefficient (Wildman–Crippen LogP) is 2.46. The van der Waals surface area contributed by atoms with Gasteiger partial charge in [0.25, 0.3) is 0 Å². The first-order valence-electron chi connectivity index (χ1n) is 7.92. The van der Waals surface area contributed by atoms with Crippen molar-refractivity contribution in [3.05, 3.63) is 47.3 Å².